The summed E-state index contributed by atoms with van der Waals surface area (Å²) in [4.78, 5) is 19.1. The number of anilines is 1. The van der Waals surface area contributed by atoms with Crippen LogP contribution in [0.25, 0.3) is 21.5 Å². The molecule has 0 fully saturated rings. The van der Waals surface area contributed by atoms with Gasteiger partial charge in [0.15, 0.2) is 0 Å². The van der Waals surface area contributed by atoms with Crippen molar-refractivity contribution >= 4 is 33.1 Å². The van der Waals surface area contributed by atoms with Crippen molar-refractivity contribution in [2.45, 2.75) is 32.2 Å². The zero-order chi connectivity index (χ0) is 19.8. The molecule has 0 bridgehead atoms. The summed E-state index contributed by atoms with van der Waals surface area (Å²) in [5.74, 6) is 0.619. The molecule has 1 amide bonds. The first-order chi connectivity index (χ1) is 14.2. The molecule has 4 aromatic rings. The average Bonchev–Trinajstić information content (AvgIpc) is 3.40. The van der Waals surface area contributed by atoms with Crippen LogP contribution >= 0.6 is 11.3 Å². The van der Waals surface area contributed by atoms with Crippen molar-refractivity contribution in [2.75, 3.05) is 5.73 Å². The van der Waals surface area contributed by atoms with Crippen LogP contribution in [0.2, 0.25) is 0 Å². The Morgan fingerprint density at radius 1 is 1.14 bits per heavy atom. The van der Waals surface area contributed by atoms with E-state index in [1.54, 1.807) is 6.26 Å². The Hall–Kier alpha value is -3.12. The standard InChI is InChI=1S/C23H21N3O2S/c24-20-19-18(17-11-6-12-28-17)15-9-4-5-10-16(15)26-23(19)29-21(20)22(27)25-13-14-7-2-1-3-8-14/h1-3,6-8,11-12H,4-5,9-10,13,24H2,(H,25,27). The lowest BCUT2D eigenvalue weighted by Gasteiger charge is -2.18. The second-order valence-corrected chi connectivity index (χ2v) is 8.29. The fourth-order valence-electron chi connectivity index (χ4n) is 4.03. The van der Waals surface area contributed by atoms with Gasteiger partial charge in [-0.1, -0.05) is 30.3 Å². The van der Waals surface area contributed by atoms with Gasteiger partial charge >= 0.3 is 0 Å². The number of carbonyl (C=O) groups is 1. The van der Waals surface area contributed by atoms with Gasteiger partial charge in [0.2, 0.25) is 0 Å². The summed E-state index contributed by atoms with van der Waals surface area (Å²) in [5.41, 5.74) is 11.4. The van der Waals surface area contributed by atoms with E-state index in [-0.39, 0.29) is 5.91 Å². The molecule has 0 saturated carbocycles. The summed E-state index contributed by atoms with van der Waals surface area (Å²) in [6.45, 7) is 0.461. The number of hydrogen-bond donors (Lipinski definition) is 2. The number of aromatic nitrogens is 1. The van der Waals surface area contributed by atoms with Gasteiger partial charge in [0, 0.05) is 23.2 Å². The summed E-state index contributed by atoms with van der Waals surface area (Å²) in [6, 6.07) is 13.7. The number of benzene rings is 1. The Bertz CT molecular complexity index is 1180. The molecule has 0 saturated heterocycles. The van der Waals surface area contributed by atoms with Crippen molar-refractivity contribution in [3.05, 3.63) is 70.4 Å². The maximum Gasteiger partial charge on any atom is 0.263 e. The normalized spacial score (nSPS) is 13.4. The predicted molar refractivity (Wildman–Crippen MR) is 116 cm³/mol. The van der Waals surface area contributed by atoms with Gasteiger partial charge in [-0.15, -0.1) is 11.3 Å². The quantitative estimate of drug-likeness (QED) is 0.505. The second kappa shape index (κ2) is 7.37. The van der Waals surface area contributed by atoms with Crippen molar-refractivity contribution < 1.29 is 9.21 Å². The Kier molecular flexibility index (Phi) is 4.56. The highest BCUT2D eigenvalue weighted by Gasteiger charge is 2.26. The van der Waals surface area contributed by atoms with Crippen molar-refractivity contribution in [3.63, 3.8) is 0 Å². The minimum absolute atomic E-state index is 0.169. The number of fused-ring (bicyclic) bond motifs is 2. The van der Waals surface area contributed by atoms with E-state index in [0.717, 1.165) is 58.5 Å². The molecule has 0 spiro atoms. The van der Waals surface area contributed by atoms with E-state index in [1.807, 2.05) is 42.5 Å². The Labute approximate surface area is 172 Å². The number of amides is 1. The van der Waals surface area contributed by atoms with Crippen molar-refractivity contribution in [1.29, 1.82) is 0 Å². The highest BCUT2D eigenvalue weighted by atomic mass is 32.1. The summed E-state index contributed by atoms with van der Waals surface area (Å²) >= 11 is 1.36. The monoisotopic (exact) mass is 403 g/mol. The molecule has 1 aromatic carbocycles. The largest absolute Gasteiger partial charge is 0.464 e. The number of pyridine rings is 1. The molecule has 146 valence electrons. The van der Waals surface area contributed by atoms with Crippen molar-refractivity contribution in [3.8, 4) is 11.3 Å². The number of nitrogens with zero attached hydrogens (tertiary/aromatic N) is 1. The molecule has 3 heterocycles. The van der Waals surface area contributed by atoms with Crippen molar-refractivity contribution in [2.24, 2.45) is 0 Å². The molecule has 0 atom stereocenters. The van der Waals surface area contributed by atoms with Crippen LogP contribution in [0.1, 0.15) is 39.3 Å². The van der Waals surface area contributed by atoms with Crippen LogP contribution in [-0.2, 0) is 19.4 Å². The van der Waals surface area contributed by atoms with Gasteiger partial charge in [0.25, 0.3) is 5.91 Å². The molecule has 0 radical (unpaired) electrons. The molecule has 1 aliphatic rings. The highest BCUT2D eigenvalue weighted by Crippen LogP contribution is 2.43. The molecule has 5 nitrogen and oxygen atoms in total. The predicted octanol–water partition coefficient (Wildman–Crippen LogP) is 4.95. The van der Waals surface area contributed by atoms with E-state index in [2.05, 4.69) is 5.32 Å². The fraction of sp³-hybridized carbons (Fsp3) is 0.217. The van der Waals surface area contributed by atoms with Gasteiger partial charge in [-0.05, 0) is 48.9 Å². The zero-order valence-electron chi connectivity index (χ0n) is 15.9. The van der Waals surface area contributed by atoms with Crippen LogP contribution in [0.15, 0.2) is 53.1 Å². The molecular weight excluding hydrogens is 382 g/mol. The van der Waals surface area contributed by atoms with Crippen LogP contribution in [-0.4, -0.2) is 10.9 Å². The average molecular weight is 404 g/mol. The third kappa shape index (κ3) is 3.19. The number of aryl methyl sites for hydroxylation is 1. The molecule has 29 heavy (non-hydrogen) atoms. The number of hydrogen-bond acceptors (Lipinski definition) is 5. The lowest BCUT2D eigenvalue weighted by Crippen LogP contribution is -2.22. The molecule has 3 N–H and O–H groups in total. The molecule has 0 aliphatic heterocycles. The van der Waals surface area contributed by atoms with Gasteiger partial charge in [-0.3, -0.25) is 4.79 Å². The fourth-order valence-corrected chi connectivity index (χ4v) is 5.07. The number of nitrogens with one attached hydrogen (secondary N) is 1. The topological polar surface area (TPSA) is 81.2 Å². The molecule has 3 aromatic heterocycles. The first-order valence-electron chi connectivity index (χ1n) is 9.82. The van der Waals surface area contributed by atoms with E-state index in [1.165, 1.54) is 16.9 Å². The maximum absolute atomic E-state index is 12.9. The number of nitrogens with two attached hydrogens (primary N) is 1. The lowest BCUT2D eigenvalue weighted by molar-refractivity contribution is 0.0956. The van der Waals surface area contributed by atoms with Crippen LogP contribution in [0.5, 0.6) is 0 Å². The molecule has 6 heteroatoms. The molecule has 0 unspecified atom stereocenters. The highest BCUT2D eigenvalue weighted by molar-refractivity contribution is 7.21. The van der Waals surface area contributed by atoms with Gasteiger partial charge in [0.05, 0.1) is 12.0 Å². The first-order valence-corrected chi connectivity index (χ1v) is 10.6. The molecule has 1 aliphatic carbocycles. The minimum Gasteiger partial charge on any atom is -0.464 e. The number of thiophene rings is 1. The summed E-state index contributed by atoms with van der Waals surface area (Å²) < 4.78 is 5.74. The zero-order valence-corrected chi connectivity index (χ0v) is 16.7. The van der Waals surface area contributed by atoms with Gasteiger partial charge < -0.3 is 15.5 Å². The van der Waals surface area contributed by atoms with E-state index < -0.39 is 0 Å². The third-order valence-electron chi connectivity index (χ3n) is 5.42. The second-order valence-electron chi connectivity index (χ2n) is 7.29. The Morgan fingerprint density at radius 3 is 2.76 bits per heavy atom. The maximum atomic E-state index is 12.9. The van der Waals surface area contributed by atoms with Crippen LogP contribution < -0.4 is 11.1 Å². The Balaban J connectivity index is 1.59. The first kappa shape index (κ1) is 17.9. The minimum atomic E-state index is -0.169. The number of rotatable bonds is 4. The van der Waals surface area contributed by atoms with E-state index in [9.17, 15) is 4.79 Å². The number of nitrogen functional groups attached to an aromatic ring is 1. The molecular formula is C23H21N3O2S. The SMILES string of the molecule is Nc1c(C(=O)NCc2ccccc2)sc2nc3c(c(-c4ccco4)c12)CCCC3. The number of furan rings is 1. The smallest absolute Gasteiger partial charge is 0.263 e. The summed E-state index contributed by atoms with van der Waals surface area (Å²) in [5, 5.41) is 3.82. The van der Waals surface area contributed by atoms with Gasteiger partial charge in [-0.25, -0.2) is 4.98 Å². The van der Waals surface area contributed by atoms with E-state index in [4.69, 9.17) is 15.1 Å². The number of carbonyl (C=O) groups excluding carboxylic acids is 1. The van der Waals surface area contributed by atoms with Gasteiger partial charge in [-0.2, -0.15) is 0 Å². The molecule has 5 rings (SSSR count). The van der Waals surface area contributed by atoms with Crippen LogP contribution in [0, 0.1) is 0 Å². The van der Waals surface area contributed by atoms with Crippen LogP contribution in [0.3, 0.4) is 0 Å². The van der Waals surface area contributed by atoms with Crippen LogP contribution in [0.4, 0.5) is 5.69 Å². The Morgan fingerprint density at radius 2 is 1.97 bits per heavy atom. The van der Waals surface area contributed by atoms with Crippen molar-refractivity contribution in [1.82, 2.24) is 10.3 Å². The summed E-state index contributed by atoms with van der Waals surface area (Å²) in [7, 11) is 0. The summed E-state index contributed by atoms with van der Waals surface area (Å²) in [6.07, 6.45) is 5.84. The lowest BCUT2D eigenvalue weighted by atomic mass is 9.89. The van der Waals surface area contributed by atoms with E-state index in [0.29, 0.717) is 17.1 Å². The third-order valence-corrected chi connectivity index (χ3v) is 6.52. The van der Waals surface area contributed by atoms with Gasteiger partial charge in [0.1, 0.15) is 15.5 Å². The van der Waals surface area contributed by atoms with E-state index >= 15 is 0 Å².